The second-order valence-corrected chi connectivity index (χ2v) is 5.77. The number of hydrogen-bond acceptors (Lipinski definition) is 5. The molecule has 2 rings (SSSR count). The van der Waals surface area contributed by atoms with Gasteiger partial charge in [0.05, 0.1) is 13.1 Å². The Morgan fingerprint density at radius 2 is 1.96 bits per heavy atom. The lowest BCUT2D eigenvalue weighted by Crippen LogP contribution is -2.45. The van der Waals surface area contributed by atoms with Gasteiger partial charge in [-0.15, -0.1) is 22.6 Å². The summed E-state index contributed by atoms with van der Waals surface area (Å²) in [5.41, 5.74) is 5.72. The lowest BCUT2D eigenvalue weighted by molar-refractivity contribution is -0.128. The van der Waals surface area contributed by atoms with E-state index in [0.717, 1.165) is 10.4 Å². The monoisotopic (exact) mass is 374 g/mol. The van der Waals surface area contributed by atoms with E-state index in [-0.39, 0.29) is 18.3 Å². The van der Waals surface area contributed by atoms with E-state index in [4.69, 9.17) is 5.73 Å². The summed E-state index contributed by atoms with van der Waals surface area (Å²) in [6.45, 7) is 1.89. The normalized spacial score (nSPS) is 12.6. The van der Waals surface area contributed by atoms with Gasteiger partial charge < -0.3 is 11.1 Å². The van der Waals surface area contributed by atoms with Gasteiger partial charge in [-0.2, -0.15) is 4.80 Å². The molecule has 10 heteroatoms. The third-order valence-corrected chi connectivity index (χ3v) is 3.43. The van der Waals surface area contributed by atoms with Gasteiger partial charge in [0.1, 0.15) is 0 Å². The number of aromatic nitrogens is 4. The molecule has 0 bridgehead atoms. The van der Waals surface area contributed by atoms with Crippen LogP contribution in [0.3, 0.4) is 0 Å². The number of benzene rings is 1. The van der Waals surface area contributed by atoms with Crippen molar-refractivity contribution in [2.45, 2.75) is 25.8 Å². The third kappa shape index (κ3) is 5.43. The van der Waals surface area contributed by atoms with Gasteiger partial charge in [-0.3, -0.25) is 4.79 Å². The summed E-state index contributed by atoms with van der Waals surface area (Å²) in [5, 5.41) is 14.2. The largest absolute Gasteiger partial charge is 0.348 e. The SMILES string of the molecule is CC(C)C(C(=O)NCC(F)(F)CN)n1nnc(-c2ccccc2)n1.Cl. The van der Waals surface area contributed by atoms with E-state index in [1.807, 2.05) is 30.3 Å². The predicted octanol–water partition coefficient (Wildman–Crippen LogP) is 1.67. The van der Waals surface area contributed by atoms with Crippen LogP contribution < -0.4 is 11.1 Å². The summed E-state index contributed by atoms with van der Waals surface area (Å²) in [4.78, 5) is 13.4. The number of carbonyl (C=O) groups is 1. The molecule has 25 heavy (non-hydrogen) atoms. The van der Waals surface area contributed by atoms with Gasteiger partial charge in [0, 0.05) is 5.56 Å². The lowest BCUT2D eigenvalue weighted by Gasteiger charge is -2.21. The second-order valence-electron chi connectivity index (χ2n) is 5.77. The maximum absolute atomic E-state index is 13.2. The van der Waals surface area contributed by atoms with Gasteiger partial charge in [-0.25, -0.2) is 8.78 Å². The molecule has 0 aliphatic carbocycles. The van der Waals surface area contributed by atoms with E-state index >= 15 is 0 Å². The summed E-state index contributed by atoms with van der Waals surface area (Å²) >= 11 is 0. The van der Waals surface area contributed by atoms with Crippen LogP contribution in [0.15, 0.2) is 30.3 Å². The van der Waals surface area contributed by atoms with Crippen molar-refractivity contribution in [1.82, 2.24) is 25.5 Å². The highest BCUT2D eigenvalue weighted by atomic mass is 35.5. The van der Waals surface area contributed by atoms with Gasteiger partial charge >= 0.3 is 0 Å². The molecule has 1 unspecified atom stereocenters. The summed E-state index contributed by atoms with van der Waals surface area (Å²) in [7, 11) is 0. The first kappa shape index (κ1) is 20.9. The summed E-state index contributed by atoms with van der Waals surface area (Å²) in [6.07, 6.45) is 0. The number of nitrogens with two attached hydrogens (primary N) is 1. The Morgan fingerprint density at radius 1 is 1.32 bits per heavy atom. The van der Waals surface area contributed by atoms with Crippen LogP contribution >= 0.6 is 12.4 Å². The zero-order chi connectivity index (χ0) is 17.7. The molecule has 0 saturated carbocycles. The van der Waals surface area contributed by atoms with E-state index in [0.29, 0.717) is 5.82 Å². The Labute approximate surface area is 150 Å². The molecule has 1 aromatic heterocycles. The number of nitrogens with zero attached hydrogens (tertiary/aromatic N) is 4. The van der Waals surface area contributed by atoms with Crippen molar-refractivity contribution < 1.29 is 13.6 Å². The van der Waals surface area contributed by atoms with E-state index in [1.165, 1.54) is 0 Å². The number of carbonyl (C=O) groups excluding carboxylic acids is 1. The highest BCUT2D eigenvalue weighted by Gasteiger charge is 2.32. The average Bonchev–Trinajstić information content (AvgIpc) is 3.03. The molecule has 0 fully saturated rings. The van der Waals surface area contributed by atoms with Crippen molar-refractivity contribution >= 4 is 18.3 Å². The molecule has 138 valence electrons. The first-order chi connectivity index (χ1) is 11.3. The fraction of sp³-hybridized carbons (Fsp3) is 0.467. The second kappa shape index (κ2) is 8.82. The van der Waals surface area contributed by atoms with Gasteiger partial charge in [0.2, 0.25) is 11.7 Å². The Hall–Kier alpha value is -2.13. The molecule has 0 radical (unpaired) electrons. The zero-order valence-electron chi connectivity index (χ0n) is 13.9. The van der Waals surface area contributed by atoms with Crippen molar-refractivity contribution in [2.24, 2.45) is 11.7 Å². The molecule has 0 saturated heterocycles. The highest BCUT2D eigenvalue weighted by molar-refractivity contribution is 5.85. The fourth-order valence-corrected chi connectivity index (χ4v) is 2.11. The molecule has 7 nitrogen and oxygen atoms in total. The number of hydrogen-bond donors (Lipinski definition) is 2. The molecule has 1 aromatic carbocycles. The first-order valence-electron chi connectivity index (χ1n) is 7.54. The van der Waals surface area contributed by atoms with Crippen LogP contribution in [0.4, 0.5) is 8.78 Å². The standard InChI is InChI=1S/C15H20F2N6O.ClH/c1-10(2)12(14(24)19-9-15(16,17)8-18)23-21-13(20-22-23)11-6-4-3-5-7-11;/h3-7,10,12H,8-9,18H2,1-2H3,(H,19,24);1H. The van der Waals surface area contributed by atoms with E-state index < -0.39 is 31.0 Å². The fourth-order valence-electron chi connectivity index (χ4n) is 2.11. The minimum atomic E-state index is -3.15. The van der Waals surface area contributed by atoms with Crippen LogP contribution in [0.25, 0.3) is 11.4 Å². The molecule has 2 aromatic rings. The third-order valence-electron chi connectivity index (χ3n) is 3.43. The minimum Gasteiger partial charge on any atom is -0.348 e. The molecular formula is C15H21ClF2N6O. The van der Waals surface area contributed by atoms with Gasteiger partial charge in [-0.1, -0.05) is 44.2 Å². The number of halogens is 3. The van der Waals surface area contributed by atoms with E-state index in [9.17, 15) is 13.6 Å². The van der Waals surface area contributed by atoms with Crippen LogP contribution in [0, 0.1) is 5.92 Å². The van der Waals surface area contributed by atoms with E-state index in [1.54, 1.807) is 13.8 Å². The van der Waals surface area contributed by atoms with Crippen LogP contribution in [-0.4, -0.2) is 45.1 Å². The lowest BCUT2D eigenvalue weighted by atomic mass is 10.0. The van der Waals surface area contributed by atoms with Gasteiger partial charge in [0.25, 0.3) is 5.92 Å². The van der Waals surface area contributed by atoms with E-state index in [2.05, 4.69) is 20.7 Å². The van der Waals surface area contributed by atoms with Crippen LogP contribution in [0.5, 0.6) is 0 Å². The van der Waals surface area contributed by atoms with Crippen molar-refractivity contribution in [3.63, 3.8) is 0 Å². The van der Waals surface area contributed by atoms with Crippen molar-refractivity contribution in [3.8, 4) is 11.4 Å². The molecule has 0 spiro atoms. The number of nitrogens with one attached hydrogen (secondary N) is 1. The van der Waals surface area contributed by atoms with Crippen molar-refractivity contribution in [3.05, 3.63) is 30.3 Å². The summed E-state index contributed by atoms with van der Waals surface area (Å²) in [6, 6.07) is 8.30. The number of alkyl halides is 2. The minimum absolute atomic E-state index is 0. The van der Waals surface area contributed by atoms with Crippen LogP contribution in [-0.2, 0) is 4.79 Å². The topological polar surface area (TPSA) is 98.7 Å². The molecule has 0 aliphatic heterocycles. The van der Waals surface area contributed by atoms with Crippen LogP contribution in [0.2, 0.25) is 0 Å². The average molecular weight is 375 g/mol. The maximum Gasteiger partial charge on any atom is 0.277 e. The smallest absolute Gasteiger partial charge is 0.277 e. The molecule has 0 aliphatic rings. The summed E-state index contributed by atoms with van der Waals surface area (Å²) < 4.78 is 26.4. The number of amides is 1. The molecule has 1 amide bonds. The van der Waals surface area contributed by atoms with Crippen molar-refractivity contribution in [1.29, 1.82) is 0 Å². The maximum atomic E-state index is 13.2. The van der Waals surface area contributed by atoms with Gasteiger partial charge in [-0.05, 0) is 11.1 Å². The molecule has 3 N–H and O–H groups in total. The molecule has 1 atom stereocenters. The van der Waals surface area contributed by atoms with Crippen LogP contribution in [0.1, 0.15) is 19.9 Å². The quantitative estimate of drug-likeness (QED) is 0.768. The summed E-state index contributed by atoms with van der Waals surface area (Å²) in [5.74, 6) is -3.60. The van der Waals surface area contributed by atoms with Gasteiger partial charge in [0.15, 0.2) is 6.04 Å². The highest BCUT2D eigenvalue weighted by Crippen LogP contribution is 2.19. The molecule has 1 heterocycles. The predicted molar refractivity (Wildman–Crippen MR) is 91.4 cm³/mol. The zero-order valence-corrected chi connectivity index (χ0v) is 14.7. The Balaban J connectivity index is 0.00000312. The van der Waals surface area contributed by atoms with Crippen molar-refractivity contribution in [2.75, 3.05) is 13.1 Å². The first-order valence-corrected chi connectivity index (χ1v) is 7.54. The Bertz CT molecular complexity index is 680. The number of tetrazole rings is 1. The Kier molecular flexibility index (Phi) is 7.38. The number of rotatable bonds is 7. The Morgan fingerprint density at radius 3 is 2.52 bits per heavy atom. The molecular weight excluding hydrogens is 354 g/mol.